The first-order valence-corrected chi connectivity index (χ1v) is 10.8. The molecule has 0 aliphatic carbocycles. The van der Waals surface area contributed by atoms with Gasteiger partial charge in [-0.05, 0) is 36.6 Å². The van der Waals surface area contributed by atoms with Gasteiger partial charge in [-0.2, -0.15) is 18.3 Å². The molecule has 35 heavy (non-hydrogen) atoms. The van der Waals surface area contributed by atoms with Gasteiger partial charge in [0.05, 0.1) is 23.2 Å². The van der Waals surface area contributed by atoms with Crippen LogP contribution in [0.25, 0.3) is 12.2 Å². The normalized spacial score (nSPS) is 12.1. The first kappa shape index (κ1) is 25.7. The van der Waals surface area contributed by atoms with Crippen LogP contribution in [0, 0.1) is 16.0 Å². The summed E-state index contributed by atoms with van der Waals surface area (Å²) in [6.07, 6.45) is 1.04. The van der Waals surface area contributed by atoms with Gasteiger partial charge in [-0.25, -0.2) is 4.79 Å². The monoisotopic (exact) mass is 491 g/mol. The second kappa shape index (κ2) is 10.1. The van der Waals surface area contributed by atoms with Crippen LogP contribution in [0.1, 0.15) is 43.2 Å². The Morgan fingerprint density at radius 2 is 1.83 bits per heavy atom. The van der Waals surface area contributed by atoms with Gasteiger partial charge in [0, 0.05) is 24.8 Å². The van der Waals surface area contributed by atoms with Crippen molar-refractivity contribution in [3.8, 4) is 0 Å². The third kappa shape index (κ3) is 5.58. The first-order valence-electron chi connectivity index (χ1n) is 10.8. The van der Waals surface area contributed by atoms with Crippen LogP contribution < -0.4 is 11.2 Å². The summed E-state index contributed by atoms with van der Waals surface area (Å²) < 4.78 is 43.1. The van der Waals surface area contributed by atoms with Gasteiger partial charge in [0.15, 0.2) is 0 Å². The minimum Gasteiger partial charge on any atom is -0.287 e. The molecule has 0 saturated heterocycles. The van der Waals surface area contributed by atoms with Gasteiger partial charge < -0.3 is 0 Å². The molecule has 186 valence electrons. The quantitative estimate of drug-likeness (QED) is 0.350. The highest BCUT2D eigenvalue weighted by Crippen LogP contribution is 2.32. The summed E-state index contributed by atoms with van der Waals surface area (Å²) in [7, 11) is 0. The van der Waals surface area contributed by atoms with Gasteiger partial charge >= 0.3 is 23.1 Å². The third-order valence-corrected chi connectivity index (χ3v) is 5.23. The summed E-state index contributed by atoms with van der Waals surface area (Å²) in [4.78, 5) is 36.4. The van der Waals surface area contributed by atoms with Gasteiger partial charge in [0.2, 0.25) is 0 Å². The Morgan fingerprint density at radius 1 is 1.14 bits per heavy atom. The fourth-order valence-corrected chi connectivity index (χ4v) is 3.70. The summed E-state index contributed by atoms with van der Waals surface area (Å²) in [5.74, 6) is -0.0429. The van der Waals surface area contributed by atoms with Gasteiger partial charge in [-0.1, -0.05) is 32.0 Å². The van der Waals surface area contributed by atoms with Gasteiger partial charge in [-0.15, -0.1) is 0 Å². The van der Waals surface area contributed by atoms with Crippen LogP contribution in [-0.4, -0.2) is 23.8 Å². The molecule has 0 spiro atoms. The number of nitrogens with zero attached hydrogens (tertiary/aromatic N) is 5. The molecule has 0 N–H and O–H groups in total. The second-order valence-corrected chi connectivity index (χ2v) is 8.29. The van der Waals surface area contributed by atoms with Crippen LogP contribution in [-0.2, 0) is 25.8 Å². The number of alkyl halides is 3. The lowest BCUT2D eigenvalue weighted by molar-refractivity contribution is -0.387. The van der Waals surface area contributed by atoms with Gasteiger partial charge in [-0.3, -0.25) is 28.7 Å². The number of benzene rings is 1. The van der Waals surface area contributed by atoms with E-state index in [2.05, 4.69) is 5.10 Å². The molecule has 0 bridgehead atoms. The summed E-state index contributed by atoms with van der Waals surface area (Å²) in [5, 5.41) is 15.8. The van der Waals surface area contributed by atoms with Crippen molar-refractivity contribution in [2.45, 2.75) is 46.6 Å². The molecule has 3 rings (SSSR count). The Bertz CT molecular complexity index is 1380. The minimum atomic E-state index is -4.51. The molecule has 9 nitrogen and oxygen atoms in total. The average molecular weight is 491 g/mol. The lowest BCUT2D eigenvalue weighted by atomic mass is 10.1. The third-order valence-electron chi connectivity index (χ3n) is 5.23. The fourth-order valence-electron chi connectivity index (χ4n) is 3.70. The zero-order chi connectivity index (χ0) is 25.9. The molecule has 0 radical (unpaired) electrons. The standard InChI is InChI=1S/C23H24F3N5O4/c1-4-29-21(32)20(31(34)35)19(30(22(29)33)12-15(2)3)10-9-16-11-27-28(13-16)14-17-7-5-6-8-18(17)23(24,25)26/h5-11,13,15H,4,12,14H2,1-3H3. The van der Waals surface area contributed by atoms with Crippen molar-refractivity contribution >= 4 is 17.8 Å². The SMILES string of the molecule is CCn1c(=O)c([N+](=O)[O-])c(C=Cc2cnn(Cc3ccccc3C(F)(F)F)c2)n(CC(C)C)c1=O. The summed E-state index contributed by atoms with van der Waals surface area (Å²) in [5.41, 5.74) is -2.85. The van der Waals surface area contributed by atoms with Crippen LogP contribution in [0.3, 0.4) is 0 Å². The van der Waals surface area contributed by atoms with Crippen molar-refractivity contribution in [3.05, 3.63) is 90.0 Å². The number of aromatic nitrogens is 4. The predicted molar refractivity (Wildman–Crippen MR) is 124 cm³/mol. The van der Waals surface area contributed by atoms with Crippen LogP contribution in [0.2, 0.25) is 0 Å². The molecule has 0 saturated carbocycles. The van der Waals surface area contributed by atoms with E-state index in [1.165, 1.54) is 52.0 Å². The smallest absolute Gasteiger partial charge is 0.287 e. The van der Waals surface area contributed by atoms with Crippen LogP contribution in [0.15, 0.2) is 46.2 Å². The van der Waals surface area contributed by atoms with E-state index in [0.29, 0.717) is 5.56 Å². The van der Waals surface area contributed by atoms with Crippen molar-refractivity contribution in [1.82, 2.24) is 18.9 Å². The van der Waals surface area contributed by atoms with Crippen LogP contribution in [0.5, 0.6) is 0 Å². The summed E-state index contributed by atoms with van der Waals surface area (Å²) in [6.45, 7) is 5.19. The topological polar surface area (TPSA) is 105 Å². The van der Waals surface area contributed by atoms with E-state index in [0.717, 1.165) is 10.6 Å². The molecule has 1 aromatic carbocycles. The van der Waals surface area contributed by atoms with E-state index in [4.69, 9.17) is 0 Å². The maximum Gasteiger partial charge on any atom is 0.416 e. The summed E-state index contributed by atoms with van der Waals surface area (Å²) >= 11 is 0. The van der Waals surface area contributed by atoms with Gasteiger partial charge in [0.1, 0.15) is 5.69 Å². The summed E-state index contributed by atoms with van der Waals surface area (Å²) in [6, 6.07) is 5.15. The van der Waals surface area contributed by atoms with Crippen molar-refractivity contribution < 1.29 is 18.1 Å². The molecule has 2 aromatic heterocycles. The molecular formula is C23H24F3N5O4. The molecule has 0 amide bonds. The predicted octanol–water partition coefficient (Wildman–Crippen LogP) is 4.03. The van der Waals surface area contributed by atoms with Crippen molar-refractivity contribution in [1.29, 1.82) is 0 Å². The Balaban J connectivity index is 2.02. The number of halogens is 3. The zero-order valence-corrected chi connectivity index (χ0v) is 19.3. The molecule has 12 heteroatoms. The average Bonchev–Trinajstić information content (AvgIpc) is 3.21. The zero-order valence-electron chi connectivity index (χ0n) is 19.3. The molecule has 0 atom stereocenters. The Hall–Kier alpha value is -3.96. The van der Waals surface area contributed by atoms with Crippen LogP contribution in [0.4, 0.5) is 18.9 Å². The number of hydrogen-bond acceptors (Lipinski definition) is 5. The molecule has 0 unspecified atom stereocenters. The lowest BCUT2D eigenvalue weighted by Gasteiger charge is -2.14. The highest BCUT2D eigenvalue weighted by Gasteiger charge is 2.33. The fraction of sp³-hybridized carbons (Fsp3) is 0.348. The largest absolute Gasteiger partial charge is 0.416 e. The highest BCUT2D eigenvalue weighted by molar-refractivity contribution is 5.71. The molecular weight excluding hydrogens is 467 g/mol. The Labute approximate surface area is 197 Å². The maximum atomic E-state index is 13.3. The number of rotatable bonds is 8. The van der Waals surface area contributed by atoms with Crippen molar-refractivity contribution in [2.75, 3.05) is 0 Å². The van der Waals surface area contributed by atoms with E-state index >= 15 is 0 Å². The lowest BCUT2D eigenvalue weighted by Crippen LogP contribution is -2.42. The molecule has 0 aliphatic rings. The van der Waals surface area contributed by atoms with E-state index < -0.39 is 33.6 Å². The van der Waals surface area contributed by atoms with Crippen molar-refractivity contribution in [3.63, 3.8) is 0 Å². The van der Waals surface area contributed by atoms with E-state index in [-0.39, 0.29) is 36.8 Å². The van der Waals surface area contributed by atoms with Crippen LogP contribution >= 0.6 is 0 Å². The molecule has 0 fully saturated rings. The molecule has 0 aliphatic heterocycles. The Kier molecular flexibility index (Phi) is 7.42. The minimum absolute atomic E-state index is 0.0211. The van der Waals surface area contributed by atoms with E-state index in [9.17, 15) is 32.9 Å². The number of hydrogen-bond donors (Lipinski definition) is 0. The maximum absolute atomic E-state index is 13.3. The second-order valence-electron chi connectivity index (χ2n) is 8.29. The van der Waals surface area contributed by atoms with E-state index in [1.807, 2.05) is 13.8 Å². The number of nitro groups is 1. The highest BCUT2D eigenvalue weighted by atomic mass is 19.4. The molecule has 3 aromatic rings. The van der Waals surface area contributed by atoms with Gasteiger partial charge in [0.25, 0.3) is 0 Å². The van der Waals surface area contributed by atoms with E-state index in [1.54, 1.807) is 6.92 Å². The Morgan fingerprint density at radius 3 is 2.43 bits per heavy atom. The molecule has 2 heterocycles. The van der Waals surface area contributed by atoms with Crippen molar-refractivity contribution in [2.24, 2.45) is 5.92 Å². The first-order chi connectivity index (χ1) is 16.4.